The van der Waals surface area contributed by atoms with Gasteiger partial charge in [0.25, 0.3) is 5.56 Å². The average Bonchev–Trinajstić information content (AvgIpc) is 2.84. The van der Waals surface area contributed by atoms with Crippen LogP contribution in [0.2, 0.25) is 20.1 Å². The van der Waals surface area contributed by atoms with Crippen molar-refractivity contribution in [2.45, 2.75) is 24.4 Å². The van der Waals surface area contributed by atoms with Gasteiger partial charge in [0.05, 0.1) is 21.6 Å². The molecule has 1 heterocycles. The van der Waals surface area contributed by atoms with Crippen LogP contribution in [0.25, 0.3) is 16.6 Å². The highest BCUT2D eigenvalue weighted by molar-refractivity contribution is 7.99. The topological polar surface area (TPSA) is 64.0 Å². The fourth-order valence-corrected chi connectivity index (χ4v) is 5.57. The summed E-state index contributed by atoms with van der Waals surface area (Å²) in [6.45, 7) is 0.480. The van der Waals surface area contributed by atoms with Gasteiger partial charge in [0.15, 0.2) is 5.16 Å². The Labute approximate surface area is 232 Å². The zero-order chi connectivity index (χ0) is 25.7. The molecule has 0 saturated heterocycles. The molecule has 3 aromatic carbocycles. The summed E-state index contributed by atoms with van der Waals surface area (Å²) in [5, 5.41) is 5.90. The summed E-state index contributed by atoms with van der Waals surface area (Å²) in [7, 11) is 0. The summed E-state index contributed by atoms with van der Waals surface area (Å²) < 4.78 is 1.50. The first-order valence-corrected chi connectivity index (χ1v) is 13.6. The molecule has 0 aliphatic heterocycles. The van der Waals surface area contributed by atoms with Crippen LogP contribution in [-0.2, 0) is 11.2 Å². The molecule has 0 aliphatic rings. The van der Waals surface area contributed by atoms with Crippen LogP contribution >= 0.6 is 58.2 Å². The molecule has 10 heteroatoms. The molecule has 0 fully saturated rings. The smallest absolute Gasteiger partial charge is 0.266 e. The number of halogens is 4. The van der Waals surface area contributed by atoms with Crippen molar-refractivity contribution in [3.05, 3.63) is 96.7 Å². The minimum Gasteiger partial charge on any atom is -0.356 e. The second-order valence-corrected chi connectivity index (χ2v) is 10.7. The minimum absolute atomic E-state index is 0.0507. The number of amides is 1. The molecule has 0 aliphatic carbocycles. The van der Waals surface area contributed by atoms with Gasteiger partial charge in [0, 0.05) is 33.8 Å². The van der Waals surface area contributed by atoms with Crippen molar-refractivity contribution in [1.29, 1.82) is 0 Å². The third kappa shape index (κ3) is 6.55. The number of carbonyl (C=O) groups excluding carboxylic acids is 1. The lowest BCUT2D eigenvalue weighted by molar-refractivity contribution is -0.121. The van der Waals surface area contributed by atoms with E-state index in [0.29, 0.717) is 73.4 Å². The summed E-state index contributed by atoms with van der Waals surface area (Å²) in [5.41, 5.74) is 1.82. The van der Waals surface area contributed by atoms with Crippen LogP contribution in [0.5, 0.6) is 0 Å². The van der Waals surface area contributed by atoms with E-state index in [2.05, 4.69) is 5.32 Å². The summed E-state index contributed by atoms with van der Waals surface area (Å²) in [5.74, 6) is 0.539. The molecule has 1 N–H and O–H groups in total. The number of benzene rings is 3. The second kappa shape index (κ2) is 12.3. The number of fused-ring (bicyclic) bond motifs is 1. The van der Waals surface area contributed by atoms with Crippen molar-refractivity contribution in [2.24, 2.45) is 0 Å². The number of nitrogens with zero attached hydrogens (tertiary/aromatic N) is 2. The molecular weight excluding hydrogens is 560 g/mol. The van der Waals surface area contributed by atoms with Gasteiger partial charge in [0.2, 0.25) is 5.91 Å². The Balaban J connectivity index is 1.40. The van der Waals surface area contributed by atoms with E-state index < -0.39 is 0 Å². The van der Waals surface area contributed by atoms with E-state index in [-0.39, 0.29) is 11.5 Å². The van der Waals surface area contributed by atoms with Crippen molar-refractivity contribution in [2.75, 3.05) is 12.3 Å². The lowest BCUT2D eigenvalue weighted by Crippen LogP contribution is -2.25. The Morgan fingerprint density at radius 3 is 2.42 bits per heavy atom. The molecule has 1 amide bonds. The van der Waals surface area contributed by atoms with Gasteiger partial charge in [0.1, 0.15) is 0 Å². The minimum atomic E-state index is -0.217. The van der Waals surface area contributed by atoms with Crippen LogP contribution in [0.3, 0.4) is 0 Å². The van der Waals surface area contributed by atoms with Crippen LogP contribution < -0.4 is 10.9 Å². The van der Waals surface area contributed by atoms with Gasteiger partial charge in [-0.1, -0.05) is 76.4 Å². The Morgan fingerprint density at radius 1 is 0.944 bits per heavy atom. The predicted molar refractivity (Wildman–Crippen MR) is 150 cm³/mol. The highest BCUT2D eigenvalue weighted by Gasteiger charge is 2.16. The summed E-state index contributed by atoms with van der Waals surface area (Å²) in [4.78, 5) is 30.3. The average molecular weight is 581 g/mol. The van der Waals surface area contributed by atoms with Gasteiger partial charge in [-0.2, -0.15) is 0 Å². The zero-order valence-electron chi connectivity index (χ0n) is 18.9. The fraction of sp³-hybridized carbons (Fsp3) is 0.192. The molecule has 5 nitrogen and oxygen atoms in total. The molecule has 1 aromatic heterocycles. The largest absolute Gasteiger partial charge is 0.356 e. The van der Waals surface area contributed by atoms with E-state index in [0.717, 1.165) is 5.56 Å². The van der Waals surface area contributed by atoms with Gasteiger partial charge in [-0.3, -0.25) is 14.2 Å². The monoisotopic (exact) mass is 579 g/mol. The van der Waals surface area contributed by atoms with Crippen molar-refractivity contribution >= 4 is 75.0 Å². The predicted octanol–water partition coefficient (Wildman–Crippen LogP) is 7.23. The van der Waals surface area contributed by atoms with E-state index in [1.807, 2.05) is 12.1 Å². The third-order valence-electron chi connectivity index (χ3n) is 5.41. The number of aromatic nitrogens is 2. The molecular formula is C26H21Cl4N3O2S. The van der Waals surface area contributed by atoms with Gasteiger partial charge < -0.3 is 5.32 Å². The van der Waals surface area contributed by atoms with Crippen LogP contribution in [0.4, 0.5) is 0 Å². The standard InChI is InChI=1S/C26H21Cl4N3O2S/c27-17-8-7-16(20(29)14-17)11-12-31-24(34)6-3-13-36-26-32-22-5-2-1-4-19(22)25(35)33(26)23-10-9-18(28)15-21(23)30/h1-2,4-5,7-10,14-15H,3,6,11-13H2,(H,31,34). The Hall–Kier alpha value is -2.22. The molecule has 4 aromatic rings. The molecule has 0 unspecified atom stereocenters. The maximum Gasteiger partial charge on any atom is 0.266 e. The maximum atomic E-state index is 13.3. The van der Waals surface area contributed by atoms with Gasteiger partial charge >= 0.3 is 0 Å². The normalized spacial score (nSPS) is 11.1. The first-order valence-electron chi connectivity index (χ1n) is 11.1. The number of rotatable bonds is 9. The number of thioether (sulfide) groups is 1. The number of nitrogens with one attached hydrogen (secondary N) is 1. The highest BCUT2D eigenvalue weighted by atomic mass is 35.5. The van der Waals surface area contributed by atoms with Crippen molar-refractivity contribution in [3.63, 3.8) is 0 Å². The van der Waals surface area contributed by atoms with E-state index in [4.69, 9.17) is 51.4 Å². The molecule has 0 atom stereocenters. The first-order chi connectivity index (χ1) is 17.3. The summed E-state index contributed by atoms with van der Waals surface area (Å²) in [6, 6.07) is 17.5. The quantitative estimate of drug-likeness (QED) is 0.129. The fourth-order valence-electron chi connectivity index (χ4n) is 3.63. The first kappa shape index (κ1) is 26.8. The Kier molecular flexibility index (Phi) is 9.20. The Morgan fingerprint density at radius 2 is 1.67 bits per heavy atom. The van der Waals surface area contributed by atoms with E-state index >= 15 is 0 Å². The van der Waals surface area contributed by atoms with E-state index in [9.17, 15) is 9.59 Å². The number of hydrogen-bond acceptors (Lipinski definition) is 4. The van der Waals surface area contributed by atoms with Gasteiger partial charge in [-0.05, 0) is 60.9 Å². The summed E-state index contributed by atoms with van der Waals surface area (Å²) >= 11 is 26.0. The van der Waals surface area contributed by atoms with Gasteiger partial charge in [-0.25, -0.2) is 4.98 Å². The summed E-state index contributed by atoms with van der Waals surface area (Å²) in [6.07, 6.45) is 1.57. The zero-order valence-corrected chi connectivity index (χ0v) is 22.8. The van der Waals surface area contributed by atoms with E-state index in [1.54, 1.807) is 48.5 Å². The van der Waals surface area contributed by atoms with Crippen molar-refractivity contribution in [1.82, 2.24) is 14.9 Å². The van der Waals surface area contributed by atoms with Crippen LogP contribution in [0.15, 0.2) is 70.6 Å². The molecule has 0 radical (unpaired) electrons. The molecule has 0 bridgehead atoms. The second-order valence-electron chi connectivity index (χ2n) is 7.94. The van der Waals surface area contributed by atoms with Crippen LogP contribution in [0, 0.1) is 0 Å². The maximum absolute atomic E-state index is 13.3. The number of hydrogen-bond donors (Lipinski definition) is 1. The number of carbonyl (C=O) groups is 1. The van der Waals surface area contributed by atoms with Crippen molar-refractivity contribution < 1.29 is 4.79 Å². The molecule has 36 heavy (non-hydrogen) atoms. The molecule has 0 spiro atoms. The number of para-hydroxylation sites is 1. The highest BCUT2D eigenvalue weighted by Crippen LogP contribution is 2.28. The molecule has 0 saturated carbocycles. The molecule has 186 valence electrons. The van der Waals surface area contributed by atoms with E-state index in [1.165, 1.54) is 16.3 Å². The van der Waals surface area contributed by atoms with Crippen LogP contribution in [0.1, 0.15) is 18.4 Å². The van der Waals surface area contributed by atoms with Crippen LogP contribution in [-0.4, -0.2) is 27.8 Å². The SMILES string of the molecule is O=C(CCCSc1nc2ccccc2c(=O)n1-c1ccc(Cl)cc1Cl)NCCc1ccc(Cl)cc1Cl. The lowest BCUT2D eigenvalue weighted by Gasteiger charge is -2.14. The van der Waals surface area contributed by atoms with Gasteiger partial charge in [-0.15, -0.1) is 0 Å². The molecule has 4 rings (SSSR count). The Bertz CT molecular complexity index is 1480. The van der Waals surface area contributed by atoms with Crippen molar-refractivity contribution in [3.8, 4) is 5.69 Å². The third-order valence-corrected chi connectivity index (χ3v) is 7.56. The lowest BCUT2D eigenvalue weighted by atomic mass is 10.1.